The van der Waals surface area contributed by atoms with Crippen LogP contribution in [0.1, 0.15) is 31.5 Å². The minimum absolute atomic E-state index is 0.0367. The first kappa shape index (κ1) is 14.0. The predicted molar refractivity (Wildman–Crippen MR) is 72.6 cm³/mol. The van der Waals surface area contributed by atoms with Gasteiger partial charge in [-0.15, -0.1) is 0 Å². The van der Waals surface area contributed by atoms with Gasteiger partial charge >= 0.3 is 0 Å². The Kier molecular flexibility index (Phi) is 5.30. The molecule has 1 atom stereocenters. The minimum atomic E-state index is 0.0367. The van der Waals surface area contributed by atoms with Gasteiger partial charge in [-0.2, -0.15) is 0 Å². The lowest BCUT2D eigenvalue weighted by atomic mass is 10.1. The number of rotatable bonds is 5. The fourth-order valence-corrected chi connectivity index (χ4v) is 2.10. The normalized spacial score (nSPS) is 17.9. The van der Waals surface area contributed by atoms with Gasteiger partial charge in [0.05, 0.1) is 12.2 Å². The molecule has 5 heteroatoms. The highest BCUT2D eigenvalue weighted by Gasteiger charge is 2.16. The Morgan fingerprint density at radius 2 is 2.26 bits per heavy atom. The molecule has 0 radical (unpaired) electrons. The van der Waals surface area contributed by atoms with Crippen molar-refractivity contribution in [3.05, 3.63) is 30.1 Å². The molecular formula is C14H21N3O2. The Morgan fingerprint density at radius 3 is 2.95 bits per heavy atom. The molecule has 1 amide bonds. The minimum Gasteiger partial charge on any atom is -0.381 e. The maximum atomic E-state index is 11.8. The number of hydrogen-bond acceptors (Lipinski definition) is 4. The Morgan fingerprint density at radius 1 is 1.47 bits per heavy atom. The van der Waals surface area contributed by atoms with Crippen molar-refractivity contribution >= 4 is 5.91 Å². The van der Waals surface area contributed by atoms with Crippen LogP contribution in [0.5, 0.6) is 0 Å². The summed E-state index contributed by atoms with van der Waals surface area (Å²) in [5.74, 6) is 0.0367. The van der Waals surface area contributed by atoms with Crippen LogP contribution >= 0.6 is 0 Å². The van der Waals surface area contributed by atoms with Crippen LogP contribution in [-0.4, -0.2) is 36.7 Å². The summed E-state index contributed by atoms with van der Waals surface area (Å²) in [6, 6.07) is 6.11. The number of amides is 1. The lowest BCUT2D eigenvalue weighted by Crippen LogP contribution is -2.43. The van der Waals surface area contributed by atoms with Crippen LogP contribution in [0, 0.1) is 0 Å². The second-order valence-corrected chi connectivity index (χ2v) is 4.81. The number of carbonyl (C=O) groups excluding carboxylic acids is 1. The van der Waals surface area contributed by atoms with Crippen LogP contribution < -0.4 is 10.6 Å². The van der Waals surface area contributed by atoms with Gasteiger partial charge in [-0.3, -0.25) is 9.78 Å². The van der Waals surface area contributed by atoms with Crippen molar-refractivity contribution in [3.8, 4) is 0 Å². The highest BCUT2D eigenvalue weighted by atomic mass is 16.5. The van der Waals surface area contributed by atoms with Crippen LogP contribution in [0.25, 0.3) is 0 Å². The highest BCUT2D eigenvalue weighted by Crippen LogP contribution is 2.08. The van der Waals surface area contributed by atoms with Crippen molar-refractivity contribution in [3.63, 3.8) is 0 Å². The predicted octanol–water partition coefficient (Wildman–Crippen LogP) is 1.03. The molecule has 0 aliphatic carbocycles. The first-order valence-electron chi connectivity index (χ1n) is 6.77. The number of aromatic nitrogens is 1. The van der Waals surface area contributed by atoms with Crippen molar-refractivity contribution < 1.29 is 9.53 Å². The van der Waals surface area contributed by atoms with E-state index in [1.807, 2.05) is 25.1 Å². The van der Waals surface area contributed by atoms with E-state index < -0.39 is 0 Å². The number of ether oxygens (including phenoxy) is 1. The van der Waals surface area contributed by atoms with Crippen molar-refractivity contribution in [1.29, 1.82) is 0 Å². The molecule has 5 nitrogen and oxygen atoms in total. The molecule has 0 unspecified atom stereocenters. The number of nitrogens with zero attached hydrogens (tertiary/aromatic N) is 1. The van der Waals surface area contributed by atoms with Gasteiger partial charge in [0.25, 0.3) is 0 Å². The molecule has 1 saturated heterocycles. The Hall–Kier alpha value is -1.46. The van der Waals surface area contributed by atoms with E-state index in [2.05, 4.69) is 15.6 Å². The van der Waals surface area contributed by atoms with Crippen molar-refractivity contribution in [2.24, 2.45) is 0 Å². The highest BCUT2D eigenvalue weighted by molar-refractivity contribution is 5.78. The molecule has 1 fully saturated rings. The van der Waals surface area contributed by atoms with Crippen LogP contribution in [0.15, 0.2) is 24.4 Å². The summed E-state index contributed by atoms with van der Waals surface area (Å²) in [6.45, 7) is 3.80. The smallest absolute Gasteiger partial charge is 0.234 e. The summed E-state index contributed by atoms with van der Waals surface area (Å²) in [4.78, 5) is 16.1. The van der Waals surface area contributed by atoms with E-state index in [1.54, 1.807) is 6.20 Å². The van der Waals surface area contributed by atoms with Gasteiger partial charge < -0.3 is 15.4 Å². The quantitative estimate of drug-likeness (QED) is 0.833. The summed E-state index contributed by atoms with van der Waals surface area (Å²) in [5, 5.41) is 6.21. The molecule has 0 aromatic carbocycles. The number of pyridine rings is 1. The summed E-state index contributed by atoms with van der Waals surface area (Å²) in [6.07, 6.45) is 3.57. The average molecular weight is 263 g/mol. The molecule has 1 aliphatic heterocycles. The zero-order valence-electron chi connectivity index (χ0n) is 11.3. The molecule has 0 bridgehead atoms. The molecule has 2 rings (SSSR count). The second kappa shape index (κ2) is 7.21. The van der Waals surface area contributed by atoms with Crippen molar-refractivity contribution in [2.75, 3.05) is 19.8 Å². The Balaban J connectivity index is 1.71. The maximum Gasteiger partial charge on any atom is 0.234 e. The zero-order chi connectivity index (χ0) is 13.5. The molecule has 1 aliphatic rings. The van der Waals surface area contributed by atoms with Crippen molar-refractivity contribution in [1.82, 2.24) is 15.6 Å². The number of carbonyl (C=O) groups is 1. The van der Waals surface area contributed by atoms with Crippen LogP contribution in [0.4, 0.5) is 0 Å². The molecule has 0 spiro atoms. The van der Waals surface area contributed by atoms with Gasteiger partial charge in [0.1, 0.15) is 0 Å². The van der Waals surface area contributed by atoms with Crippen LogP contribution in [-0.2, 0) is 9.53 Å². The van der Waals surface area contributed by atoms with Gasteiger partial charge in [0.15, 0.2) is 0 Å². The molecule has 2 N–H and O–H groups in total. The summed E-state index contributed by atoms with van der Waals surface area (Å²) in [5.41, 5.74) is 0.946. The molecular weight excluding hydrogens is 242 g/mol. The van der Waals surface area contributed by atoms with Gasteiger partial charge in [0, 0.05) is 31.5 Å². The van der Waals surface area contributed by atoms with Gasteiger partial charge in [0.2, 0.25) is 5.91 Å². The van der Waals surface area contributed by atoms with E-state index in [4.69, 9.17) is 4.74 Å². The summed E-state index contributed by atoms with van der Waals surface area (Å²) in [7, 11) is 0. The van der Waals surface area contributed by atoms with E-state index in [-0.39, 0.29) is 18.0 Å². The van der Waals surface area contributed by atoms with E-state index in [1.165, 1.54) is 0 Å². The van der Waals surface area contributed by atoms with Crippen LogP contribution in [0.2, 0.25) is 0 Å². The lowest BCUT2D eigenvalue weighted by molar-refractivity contribution is -0.121. The summed E-state index contributed by atoms with van der Waals surface area (Å²) >= 11 is 0. The van der Waals surface area contributed by atoms with Gasteiger partial charge in [-0.05, 0) is 31.9 Å². The Bertz CT molecular complexity index is 391. The third-order valence-electron chi connectivity index (χ3n) is 3.29. The Labute approximate surface area is 113 Å². The van der Waals surface area contributed by atoms with E-state index in [9.17, 15) is 4.79 Å². The van der Waals surface area contributed by atoms with Gasteiger partial charge in [-0.1, -0.05) is 6.07 Å². The second-order valence-electron chi connectivity index (χ2n) is 4.81. The molecule has 19 heavy (non-hydrogen) atoms. The first-order chi connectivity index (χ1) is 9.25. The van der Waals surface area contributed by atoms with Crippen LogP contribution in [0.3, 0.4) is 0 Å². The monoisotopic (exact) mass is 263 g/mol. The fraction of sp³-hybridized carbons (Fsp3) is 0.571. The number of nitrogens with one attached hydrogen (secondary N) is 2. The maximum absolute atomic E-state index is 11.8. The SMILES string of the molecule is C[C@@H](NCC(=O)NC1CCOCC1)c1ccccn1. The molecule has 1 aromatic heterocycles. The fourth-order valence-electron chi connectivity index (χ4n) is 2.10. The standard InChI is InChI=1S/C14H21N3O2/c1-11(13-4-2-3-7-15-13)16-10-14(18)17-12-5-8-19-9-6-12/h2-4,7,11-12,16H,5-6,8-10H2,1H3,(H,17,18)/t11-/m1/s1. The lowest BCUT2D eigenvalue weighted by Gasteiger charge is -2.23. The third kappa shape index (κ3) is 4.61. The van der Waals surface area contributed by atoms with Gasteiger partial charge in [-0.25, -0.2) is 0 Å². The molecule has 0 saturated carbocycles. The zero-order valence-corrected chi connectivity index (χ0v) is 11.3. The van der Waals surface area contributed by atoms with E-state index >= 15 is 0 Å². The summed E-state index contributed by atoms with van der Waals surface area (Å²) < 4.78 is 5.26. The molecule has 2 heterocycles. The molecule has 1 aromatic rings. The largest absolute Gasteiger partial charge is 0.381 e. The topological polar surface area (TPSA) is 63.2 Å². The van der Waals surface area contributed by atoms with E-state index in [0.29, 0.717) is 6.54 Å². The van der Waals surface area contributed by atoms with E-state index in [0.717, 1.165) is 31.7 Å². The first-order valence-corrected chi connectivity index (χ1v) is 6.77. The molecule has 104 valence electrons. The third-order valence-corrected chi connectivity index (χ3v) is 3.29. The average Bonchev–Trinajstić information content (AvgIpc) is 2.47. The number of hydrogen-bond donors (Lipinski definition) is 2. The van der Waals surface area contributed by atoms with Crippen molar-refractivity contribution in [2.45, 2.75) is 31.8 Å².